The van der Waals surface area contributed by atoms with E-state index in [0.29, 0.717) is 0 Å². The van der Waals surface area contributed by atoms with Crippen LogP contribution in [0.2, 0.25) is 0 Å². The summed E-state index contributed by atoms with van der Waals surface area (Å²) in [5.41, 5.74) is 0.662. The van der Waals surface area contributed by atoms with Crippen LogP contribution >= 0.6 is 15.9 Å². The molecule has 1 aromatic carbocycles. The Balaban J connectivity index is 2.65. The van der Waals surface area contributed by atoms with Gasteiger partial charge in [0.1, 0.15) is 0 Å². The quantitative estimate of drug-likeness (QED) is 0.879. The Morgan fingerprint density at radius 1 is 1.29 bits per heavy atom. The van der Waals surface area contributed by atoms with Crippen molar-refractivity contribution in [3.63, 3.8) is 0 Å². The molecule has 0 saturated carbocycles. The first-order chi connectivity index (χ1) is 6.39. The third-order valence-corrected chi connectivity index (χ3v) is 3.19. The van der Waals surface area contributed by atoms with Crippen molar-refractivity contribution in [2.24, 2.45) is 5.92 Å². The van der Waals surface area contributed by atoms with Crippen LogP contribution < -0.4 is 0 Å². The van der Waals surface area contributed by atoms with Crippen LogP contribution in [-0.2, 0) is 6.42 Å². The lowest BCUT2D eigenvalue weighted by Crippen LogP contribution is -2.29. The van der Waals surface area contributed by atoms with Gasteiger partial charge in [-0.25, -0.2) is 0 Å². The summed E-state index contributed by atoms with van der Waals surface area (Å²) in [5, 5.41) is 9.79. The number of benzene rings is 1. The third-order valence-electron chi connectivity index (χ3n) is 2.66. The Morgan fingerprint density at radius 2 is 1.79 bits per heavy atom. The van der Waals surface area contributed by atoms with E-state index in [0.717, 1.165) is 10.9 Å². The molecule has 0 amide bonds. The summed E-state index contributed by atoms with van der Waals surface area (Å²) >= 11 is 3.40. The summed E-state index contributed by atoms with van der Waals surface area (Å²) in [6.45, 7) is 5.79. The molecule has 0 radical (unpaired) electrons. The van der Waals surface area contributed by atoms with Gasteiger partial charge in [-0.2, -0.15) is 0 Å². The van der Waals surface area contributed by atoms with E-state index in [1.54, 1.807) is 0 Å². The Bertz CT molecular complexity index is 284. The number of rotatable bonds is 3. The summed E-state index contributed by atoms with van der Waals surface area (Å²) < 4.78 is 1.09. The topological polar surface area (TPSA) is 20.2 Å². The fourth-order valence-electron chi connectivity index (χ4n) is 1.22. The normalized spacial score (nSPS) is 14.1. The predicted molar refractivity (Wildman–Crippen MR) is 63.3 cm³/mol. The van der Waals surface area contributed by atoms with Crippen LogP contribution in [0.15, 0.2) is 28.7 Å². The molecule has 1 aromatic rings. The van der Waals surface area contributed by atoms with Gasteiger partial charge < -0.3 is 5.11 Å². The lowest BCUT2D eigenvalue weighted by atomic mass is 9.87. The van der Waals surface area contributed by atoms with Crippen molar-refractivity contribution in [3.8, 4) is 0 Å². The summed E-state index contributed by atoms with van der Waals surface area (Å²) in [5.74, 6) is 0.267. The second-order valence-corrected chi connectivity index (χ2v) is 5.30. The van der Waals surface area contributed by atoms with Crippen LogP contribution in [0.1, 0.15) is 26.3 Å². The molecule has 1 N–H and O–H groups in total. The van der Waals surface area contributed by atoms with E-state index >= 15 is 0 Å². The fraction of sp³-hybridized carbons (Fsp3) is 0.500. The minimum absolute atomic E-state index is 0.267. The second-order valence-electron chi connectivity index (χ2n) is 4.39. The van der Waals surface area contributed by atoms with Crippen molar-refractivity contribution in [1.82, 2.24) is 0 Å². The van der Waals surface area contributed by atoms with Gasteiger partial charge in [-0.05, 0) is 43.9 Å². The SMILES string of the molecule is C[C@H](Cc1ccc(Br)cc1)C(C)(C)O. The molecule has 14 heavy (non-hydrogen) atoms. The van der Waals surface area contributed by atoms with Crippen molar-refractivity contribution in [3.05, 3.63) is 34.3 Å². The Hall–Kier alpha value is -0.340. The highest BCUT2D eigenvalue weighted by Crippen LogP contribution is 2.21. The average molecular weight is 257 g/mol. The van der Waals surface area contributed by atoms with E-state index in [4.69, 9.17) is 0 Å². The molecule has 0 aliphatic heterocycles. The van der Waals surface area contributed by atoms with Gasteiger partial charge >= 0.3 is 0 Å². The zero-order valence-electron chi connectivity index (χ0n) is 8.92. The maximum Gasteiger partial charge on any atom is 0.0620 e. The minimum atomic E-state index is -0.604. The number of hydrogen-bond donors (Lipinski definition) is 1. The van der Waals surface area contributed by atoms with E-state index in [9.17, 15) is 5.11 Å². The van der Waals surface area contributed by atoms with Crippen molar-refractivity contribution in [2.45, 2.75) is 32.8 Å². The van der Waals surface area contributed by atoms with Gasteiger partial charge in [0.25, 0.3) is 0 Å². The van der Waals surface area contributed by atoms with Crippen molar-refractivity contribution in [1.29, 1.82) is 0 Å². The molecule has 0 aliphatic rings. The van der Waals surface area contributed by atoms with Crippen molar-refractivity contribution in [2.75, 3.05) is 0 Å². The smallest absolute Gasteiger partial charge is 0.0620 e. The minimum Gasteiger partial charge on any atom is -0.390 e. The molecule has 0 fully saturated rings. The van der Waals surface area contributed by atoms with E-state index in [1.807, 2.05) is 26.0 Å². The van der Waals surface area contributed by atoms with Gasteiger partial charge in [-0.1, -0.05) is 35.0 Å². The van der Waals surface area contributed by atoms with Crippen LogP contribution in [0.4, 0.5) is 0 Å². The third kappa shape index (κ3) is 3.43. The summed E-state index contributed by atoms with van der Waals surface area (Å²) in [7, 11) is 0. The molecule has 0 heterocycles. The van der Waals surface area contributed by atoms with E-state index in [2.05, 4.69) is 35.0 Å². The van der Waals surface area contributed by atoms with Gasteiger partial charge in [0.2, 0.25) is 0 Å². The average Bonchev–Trinajstić information content (AvgIpc) is 2.07. The summed E-state index contributed by atoms with van der Waals surface area (Å²) in [6.07, 6.45) is 0.913. The van der Waals surface area contributed by atoms with E-state index < -0.39 is 5.60 Å². The molecule has 2 heteroatoms. The van der Waals surface area contributed by atoms with Crippen LogP contribution in [0.3, 0.4) is 0 Å². The molecule has 0 spiro atoms. The van der Waals surface area contributed by atoms with Crippen LogP contribution in [-0.4, -0.2) is 10.7 Å². The first kappa shape index (κ1) is 11.7. The monoisotopic (exact) mass is 256 g/mol. The summed E-state index contributed by atoms with van der Waals surface area (Å²) in [6, 6.07) is 8.25. The second kappa shape index (κ2) is 4.45. The molecular formula is C12H17BrO. The number of hydrogen-bond acceptors (Lipinski definition) is 1. The summed E-state index contributed by atoms with van der Waals surface area (Å²) in [4.78, 5) is 0. The number of aliphatic hydroxyl groups is 1. The Morgan fingerprint density at radius 3 is 2.21 bits per heavy atom. The molecular weight excluding hydrogens is 240 g/mol. The zero-order chi connectivity index (χ0) is 10.8. The zero-order valence-corrected chi connectivity index (χ0v) is 10.5. The lowest BCUT2D eigenvalue weighted by molar-refractivity contribution is 0.0251. The molecule has 0 aliphatic carbocycles. The molecule has 1 nitrogen and oxygen atoms in total. The fourth-order valence-corrected chi connectivity index (χ4v) is 1.49. The standard InChI is InChI=1S/C12H17BrO/c1-9(12(2,3)14)8-10-4-6-11(13)7-5-10/h4-7,9,14H,8H2,1-3H3/t9-/m1/s1. The van der Waals surface area contributed by atoms with Crippen molar-refractivity contribution < 1.29 is 5.11 Å². The van der Waals surface area contributed by atoms with Crippen LogP contribution in [0.25, 0.3) is 0 Å². The van der Waals surface area contributed by atoms with E-state index in [1.165, 1.54) is 5.56 Å². The lowest BCUT2D eigenvalue weighted by Gasteiger charge is -2.25. The predicted octanol–water partition coefficient (Wildman–Crippen LogP) is 3.40. The molecule has 0 aromatic heterocycles. The Kier molecular flexibility index (Phi) is 3.73. The number of halogens is 1. The highest BCUT2D eigenvalue weighted by atomic mass is 79.9. The van der Waals surface area contributed by atoms with Crippen molar-refractivity contribution >= 4 is 15.9 Å². The molecule has 78 valence electrons. The molecule has 0 unspecified atom stereocenters. The maximum absolute atomic E-state index is 9.79. The first-order valence-corrected chi connectivity index (χ1v) is 5.65. The largest absolute Gasteiger partial charge is 0.390 e. The highest BCUT2D eigenvalue weighted by molar-refractivity contribution is 9.10. The first-order valence-electron chi connectivity index (χ1n) is 4.86. The van der Waals surface area contributed by atoms with Gasteiger partial charge in [0, 0.05) is 4.47 Å². The molecule has 1 rings (SSSR count). The molecule has 0 saturated heterocycles. The van der Waals surface area contributed by atoms with Gasteiger partial charge in [0.05, 0.1) is 5.60 Å². The van der Waals surface area contributed by atoms with E-state index in [-0.39, 0.29) is 5.92 Å². The highest BCUT2D eigenvalue weighted by Gasteiger charge is 2.22. The van der Waals surface area contributed by atoms with Crippen LogP contribution in [0, 0.1) is 5.92 Å². The van der Waals surface area contributed by atoms with Gasteiger partial charge in [-0.15, -0.1) is 0 Å². The maximum atomic E-state index is 9.79. The Labute approximate surface area is 94.3 Å². The van der Waals surface area contributed by atoms with Gasteiger partial charge in [0.15, 0.2) is 0 Å². The molecule has 1 atom stereocenters. The molecule has 0 bridgehead atoms. The van der Waals surface area contributed by atoms with Gasteiger partial charge in [-0.3, -0.25) is 0 Å². The van der Waals surface area contributed by atoms with Crippen LogP contribution in [0.5, 0.6) is 0 Å².